The summed E-state index contributed by atoms with van der Waals surface area (Å²) in [7, 11) is 0. The standard InChI is InChI=1S/C12H16BrNO/c1-9(10-4-2-5-10)8-14-7-3-6-11(13)12(14)15/h3,6-7,9-10H,2,4-5,8H2,1H3. The van der Waals surface area contributed by atoms with Crippen LogP contribution in [0.25, 0.3) is 0 Å². The minimum absolute atomic E-state index is 0.0867. The van der Waals surface area contributed by atoms with E-state index in [0.717, 1.165) is 12.5 Å². The van der Waals surface area contributed by atoms with E-state index in [-0.39, 0.29) is 5.56 Å². The lowest BCUT2D eigenvalue weighted by Crippen LogP contribution is -2.28. The maximum atomic E-state index is 11.7. The molecule has 0 aliphatic heterocycles. The Balaban J connectivity index is 2.09. The summed E-state index contributed by atoms with van der Waals surface area (Å²) < 4.78 is 2.47. The first-order valence-corrected chi connectivity index (χ1v) is 6.32. The normalized spacial score (nSPS) is 18.5. The van der Waals surface area contributed by atoms with Gasteiger partial charge in [0.15, 0.2) is 0 Å². The van der Waals surface area contributed by atoms with Crippen LogP contribution >= 0.6 is 15.9 Å². The third-order valence-corrected chi connectivity index (χ3v) is 4.02. The lowest BCUT2D eigenvalue weighted by atomic mass is 9.77. The summed E-state index contributed by atoms with van der Waals surface area (Å²) in [6.45, 7) is 3.10. The quantitative estimate of drug-likeness (QED) is 0.827. The highest BCUT2D eigenvalue weighted by Crippen LogP contribution is 2.33. The van der Waals surface area contributed by atoms with Crippen molar-refractivity contribution in [3.05, 3.63) is 33.2 Å². The summed E-state index contributed by atoms with van der Waals surface area (Å²) in [6, 6.07) is 3.71. The third-order valence-electron chi connectivity index (χ3n) is 3.41. The van der Waals surface area contributed by atoms with Crippen molar-refractivity contribution in [3.63, 3.8) is 0 Å². The van der Waals surface area contributed by atoms with Gasteiger partial charge in [-0.3, -0.25) is 4.79 Å². The second-order valence-corrected chi connectivity index (χ2v) is 5.34. The largest absolute Gasteiger partial charge is 0.314 e. The molecule has 2 nitrogen and oxygen atoms in total. The molecule has 1 aromatic rings. The predicted octanol–water partition coefficient (Wildman–Crippen LogP) is 3.05. The molecule has 2 rings (SSSR count). The van der Waals surface area contributed by atoms with E-state index in [1.807, 2.05) is 16.8 Å². The minimum atomic E-state index is 0.0867. The molecule has 0 radical (unpaired) electrons. The van der Waals surface area contributed by atoms with Crippen LogP contribution < -0.4 is 5.56 Å². The summed E-state index contributed by atoms with van der Waals surface area (Å²) in [5, 5.41) is 0. The van der Waals surface area contributed by atoms with Crippen LogP contribution in [0, 0.1) is 11.8 Å². The summed E-state index contributed by atoms with van der Waals surface area (Å²) >= 11 is 3.27. The van der Waals surface area contributed by atoms with Gasteiger partial charge in [0.2, 0.25) is 0 Å². The molecule has 1 atom stereocenters. The Kier molecular flexibility index (Phi) is 3.29. The van der Waals surface area contributed by atoms with Crippen LogP contribution in [-0.2, 0) is 6.54 Å². The van der Waals surface area contributed by atoms with E-state index >= 15 is 0 Å². The van der Waals surface area contributed by atoms with Crippen LogP contribution in [0.1, 0.15) is 26.2 Å². The summed E-state index contributed by atoms with van der Waals surface area (Å²) in [6.07, 6.45) is 5.92. The summed E-state index contributed by atoms with van der Waals surface area (Å²) in [4.78, 5) is 11.7. The van der Waals surface area contributed by atoms with E-state index < -0.39 is 0 Å². The zero-order valence-electron chi connectivity index (χ0n) is 8.95. The Labute approximate surface area is 98.4 Å². The smallest absolute Gasteiger partial charge is 0.264 e. The van der Waals surface area contributed by atoms with E-state index in [4.69, 9.17) is 0 Å². The first kappa shape index (κ1) is 10.9. The van der Waals surface area contributed by atoms with Gasteiger partial charge in [-0.15, -0.1) is 0 Å². The SMILES string of the molecule is CC(Cn1cccc(Br)c1=O)C1CCC1. The van der Waals surface area contributed by atoms with Gasteiger partial charge in [0.25, 0.3) is 5.56 Å². The zero-order valence-corrected chi connectivity index (χ0v) is 10.5. The Morgan fingerprint density at radius 1 is 1.60 bits per heavy atom. The molecule has 0 saturated heterocycles. The maximum Gasteiger partial charge on any atom is 0.264 e. The first-order valence-electron chi connectivity index (χ1n) is 5.53. The molecular weight excluding hydrogens is 254 g/mol. The van der Waals surface area contributed by atoms with Crippen molar-refractivity contribution in [2.24, 2.45) is 11.8 Å². The molecule has 1 saturated carbocycles. The number of hydrogen-bond acceptors (Lipinski definition) is 1. The molecule has 1 heterocycles. The average Bonchev–Trinajstić information content (AvgIpc) is 2.10. The molecule has 82 valence electrons. The van der Waals surface area contributed by atoms with Crippen molar-refractivity contribution in [2.75, 3.05) is 0 Å². The second-order valence-electron chi connectivity index (χ2n) is 4.48. The monoisotopic (exact) mass is 269 g/mol. The number of halogens is 1. The molecule has 0 spiro atoms. The average molecular weight is 270 g/mol. The van der Waals surface area contributed by atoms with Gasteiger partial charge in [0, 0.05) is 12.7 Å². The Bertz CT molecular complexity index is 395. The Morgan fingerprint density at radius 2 is 2.33 bits per heavy atom. The van der Waals surface area contributed by atoms with E-state index in [0.29, 0.717) is 10.4 Å². The van der Waals surface area contributed by atoms with Crippen LogP contribution in [0.4, 0.5) is 0 Å². The van der Waals surface area contributed by atoms with Crippen LogP contribution in [0.5, 0.6) is 0 Å². The van der Waals surface area contributed by atoms with Crippen LogP contribution in [0.2, 0.25) is 0 Å². The van der Waals surface area contributed by atoms with Gasteiger partial charge >= 0.3 is 0 Å². The lowest BCUT2D eigenvalue weighted by Gasteiger charge is -2.31. The van der Waals surface area contributed by atoms with Crippen molar-refractivity contribution < 1.29 is 0 Å². The van der Waals surface area contributed by atoms with Gasteiger partial charge in [-0.05, 0) is 39.9 Å². The van der Waals surface area contributed by atoms with Gasteiger partial charge in [0.1, 0.15) is 0 Å². The maximum absolute atomic E-state index is 11.7. The fourth-order valence-corrected chi connectivity index (χ4v) is 2.50. The zero-order chi connectivity index (χ0) is 10.8. The van der Waals surface area contributed by atoms with Crippen molar-refractivity contribution in [1.29, 1.82) is 0 Å². The van der Waals surface area contributed by atoms with Gasteiger partial charge in [0.05, 0.1) is 4.47 Å². The van der Waals surface area contributed by atoms with E-state index in [1.54, 1.807) is 6.07 Å². The van der Waals surface area contributed by atoms with E-state index in [1.165, 1.54) is 19.3 Å². The van der Waals surface area contributed by atoms with E-state index in [2.05, 4.69) is 22.9 Å². The highest BCUT2D eigenvalue weighted by Gasteiger charge is 2.24. The molecule has 0 amide bonds. The minimum Gasteiger partial charge on any atom is -0.314 e. The highest BCUT2D eigenvalue weighted by atomic mass is 79.9. The van der Waals surface area contributed by atoms with Gasteiger partial charge in [-0.25, -0.2) is 0 Å². The molecule has 0 aromatic carbocycles. The summed E-state index contributed by atoms with van der Waals surface area (Å²) in [5.41, 5.74) is 0.0867. The number of aromatic nitrogens is 1. The van der Waals surface area contributed by atoms with Crippen molar-refractivity contribution in [2.45, 2.75) is 32.7 Å². The van der Waals surface area contributed by atoms with Crippen LogP contribution in [0.3, 0.4) is 0 Å². The van der Waals surface area contributed by atoms with Crippen LogP contribution in [0.15, 0.2) is 27.6 Å². The summed E-state index contributed by atoms with van der Waals surface area (Å²) in [5.74, 6) is 1.45. The number of rotatable bonds is 3. The molecule has 1 aliphatic rings. The number of hydrogen-bond donors (Lipinski definition) is 0. The van der Waals surface area contributed by atoms with Gasteiger partial charge in [-0.2, -0.15) is 0 Å². The second kappa shape index (κ2) is 4.52. The van der Waals surface area contributed by atoms with Crippen molar-refractivity contribution in [3.8, 4) is 0 Å². The third kappa shape index (κ3) is 2.33. The molecule has 1 aromatic heterocycles. The fourth-order valence-electron chi connectivity index (χ4n) is 2.12. The lowest BCUT2D eigenvalue weighted by molar-refractivity contribution is 0.199. The van der Waals surface area contributed by atoms with E-state index in [9.17, 15) is 4.79 Å². The van der Waals surface area contributed by atoms with Gasteiger partial charge in [-0.1, -0.05) is 26.2 Å². The molecule has 1 unspecified atom stereocenters. The van der Waals surface area contributed by atoms with Crippen molar-refractivity contribution >= 4 is 15.9 Å². The molecule has 0 bridgehead atoms. The molecule has 0 N–H and O–H groups in total. The molecule has 3 heteroatoms. The molecule has 1 fully saturated rings. The van der Waals surface area contributed by atoms with Gasteiger partial charge < -0.3 is 4.57 Å². The van der Waals surface area contributed by atoms with Crippen molar-refractivity contribution in [1.82, 2.24) is 4.57 Å². The Hall–Kier alpha value is -0.570. The fraction of sp³-hybridized carbons (Fsp3) is 0.583. The Morgan fingerprint density at radius 3 is 2.93 bits per heavy atom. The molecule has 15 heavy (non-hydrogen) atoms. The molecular formula is C12H16BrNO. The number of nitrogens with zero attached hydrogens (tertiary/aromatic N) is 1. The van der Waals surface area contributed by atoms with Crippen LogP contribution in [-0.4, -0.2) is 4.57 Å². The topological polar surface area (TPSA) is 22.0 Å². The highest BCUT2D eigenvalue weighted by molar-refractivity contribution is 9.10. The predicted molar refractivity (Wildman–Crippen MR) is 64.9 cm³/mol. The molecule has 1 aliphatic carbocycles. The first-order chi connectivity index (χ1) is 7.18. The number of pyridine rings is 1.